The number of imidazole rings is 1. The molecule has 0 spiro atoms. The second-order valence-corrected chi connectivity index (χ2v) is 8.15. The Morgan fingerprint density at radius 1 is 0.929 bits per heavy atom. The van der Waals surface area contributed by atoms with E-state index in [1.807, 2.05) is 36.4 Å². The smallest absolute Gasteiger partial charge is 0.271 e. The van der Waals surface area contributed by atoms with Gasteiger partial charge in [0.2, 0.25) is 5.95 Å². The van der Waals surface area contributed by atoms with Crippen molar-refractivity contribution in [3.05, 3.63) is 95.5 Å². The molecule has 1 heterocycles. The Balaban J connectivity index is 1.93. The second-order valence-electron chi connectivity index (χ2n) is 6.14. The highest BCUT2D eigenvalue weighted by Crippen LogP contribution is 2.30. The van der Waals surface area contributed by atoms with Gasteiger partial charge in [0.15, 0.2) is 0 Å². The highest BCUT2D eigenvalue weighted by atomic mass is 35.5. The van der Waals surface area contributed by atoms with Crippen molar-refractivity contribution in [2.75, 3.05) is 5.73 Å². The molecule has 5 nitrogen and oxygen atoms in total. The lowest BCUT2D eigenvalue weighted by atomic mass is 9.99. The molecule has 0 aliphatic heterocycles. The fourth-order valence-corrected chi connectivity index (χ4v) is 4.76. The van der Waals surface area contributed by atoms with Crippen LogP contribution in [-0.2, 0) is 10.0 Å². The van der Waals surface area contributed by atoms with Crippen molar-refractivity contribution >= 4 is 44.2 Å². The van der Waals surface area contributed by atoms with Gasteiger partial charge in [-0.05, 0) is 35.4 Å². The standard InChI is InChI=1S/C21H16ClN3O2S/c22-14-18(15-7-3-1-4-8-15)16-11-12-19-20(13-16)25(21(23)24-19)28(26,27)17-9-5-2-6-10-17/h1-14H,(H2,23,24)/b18-14+. The molecule has 28 heavy (non-hydrogen) atoms. The van der Waals surface area contributed by atoms with Crippen LogP contribution in [0.1, 0.15) is 11.1 Å². The van der Waals surface area contributed by atoms with Crippen LogP contribution in [0.25, 0.3) is 16.6 Å². The van der Waals surface area contributed by atoms with Crippen molar-refractivity contribution in [3.8, 4) is 0 Å². The SMILES string of the molecule is Nc1nc2ccc(/C(=C/Cl)c3ccccc3)cc2n1S(=O)(=O)c1ccccc1. The molecule has 0 radical (unpaired) electrons. The first-order valence-corrected chi connectivity index (χ1v) is 10.3. The number of rotatable bonds is 4. The number of nitrogen functional groups attached to an aromatic ring is 1. The third-order valence-electron chi connectivity index (χ3n) is 4.42. The van der Waals surface area contributed by atoms with Crippen LogP contribution in [0.3, 0.4) is 0 Å². The fourth-order valence-electron chi connectivity index (χ4n) is 3.10. The second kappa shape index (κ2) is 7.14. The van der Waals surface area contributed by atoms with Crippen LogP contribution < -0.4 is 5.73 Å². The zero-order chi connectivity index (χ0) is 19.7. The van der Waals surface area contributed by atoms with Crippen molar-refractivity contribution in [1.82, 2.24) is 8.96 Å². The van der Waals surface area contributed by atoms with Gasteiger partial charge >= 0.3 is 0 Å². The van der Waals surface area contributed by atoms with Crippen LogP contribution in [0.15, 0.2) is 89.3 Å². The lowest BCUT2D eigenvalue weighted by molar-refractivity contribution is 0.589. The van der Waals surface area contributed by atoms with E-state index < -0.39 is 10.0 Å². The zero-order valence-corrected chi connectivity index (χ0v) is 16.2. The number of nitrogens with two attached hydrogens (primary N) is 1. The van der Waals surface area contributed by atoms with E-state index in [0.717, 1.165) is 20.7 Å². The van der Waals surface area contributed by atoms with Crippen LogP contribution in [0.5, 0.6) is 0 Å². The first kappa shape index (κ1) is 18.3. The molecule has 0 fully saturated rings. The lowest BCUT2D eigenvalue weighted by Crippen LogP contribution is -2.15. The molecule has 7 heteroatoms. The molecule has 1 aromatic heterocycles. The summed E-state index contributed by atoms with van der Waals surface area (Å²) in [4.78, 5) is 4.35. The Labute approximate surface area is 167 Å². The zero-order valence-electron chi connectivity index (χ0n) is 14.7. The van der Waals surface area contributed by atoms with E-state index in [1.54, 1.807) is 30.3 Å². The Kier molecular flexibility index (Phi) is 4.66. The van der Waals surface area contributed by atoms with E-state index in [-0.39, 0.29) is 10.8 Å². The van der Waals surface area contributed by atoms with Gasteiger partial charge in [0.1, 0.15) is 0 Å². The maximum atomic E-state index is 13.2. The van der Waals surface area contributed by atoms with Crippen LogP contribution in [0, 0.1) is 0 Å². The number of halogens is 1. The Morgan fingerprint density at radius 3 is 2.21 bits per heavy atom. The van der Waals surface area contributed by atoms with E-state index in [2.05, 4.69) is 4.98 Å². The van der Waals surface area contributed by atoms with Crippen molar-refractivity contribution in [3.63, 3.8) is 0 Å². The van der Waals surface area contributed by atoms with Gasteiger partial charge in [-0.1, -0.05) is 66.2 Å². The van der Waals surface area contributed by atoms with Gasteiger partial charge < -0.3 is 5.73 Å². The van der Waals surface area contributed by atoms with Crippen molar-refractivity contribution in [1.29, 1.82) is 0 Å². The highest BCUT2D eigenvalue weighted by Gasteiger charge is 2.23. The Hall–Kier alpha value is -3.09. The number of hydrogen-bond acceptors (Lipinski definition) is 4. The molecule has 4 aromatic rings. The third-order valence-corrected chi connectivity index (χ3v) is 6.37. The number of hydrogen-bond donors (Lipinski definition) is 1. The summed E-state index contributed by atoms with van der Waals surface area (Å²) in [7, 11) is -3.89. The minimum absolute atomic E-state index is 0.0906. The summed E-state index contributed by atoms with van der Waals surface area (Å²) in [6, 6.07) is 23.1. The number of fused-ring (bicyclic) bond motifs is 1. The van der Waals surface area contributed by atoms with E-state index in [1.165, 1.54) is 17.7 Å². The number of nitrogens with zero attached hydrogens (tertiary/aromatic N) is 2. The monoisotopic (exact) mass is 409 g/mol. The van der Waals surface area contributed by atoms with Gasteiger partial charge in [0.05, 0.1) is 15.9 Å². The summed E-state index contributed by atoms with van der Waals surface area (Å²) < 4.78 is 27.4. The summed E-state index contributed by atoms with van der Waals surface area (Å²) >= 11 is 6.09. The predicted octanol–water partition coefficient (Wildman–Crippen LogP) is 4.48. The summed E-state index contributed by atoms with van der Waals surface area (Å²) in [6.07, 6.45) is 0. The third kappa shape index (κ3) is 3.06. The number of aromatic nitrogens is 2. The topological polar surface area (TPSA) is 78.0 Å². The predicted molar refractivity (Wildman–Crippen MR) is 113 cm³/mol. The average Bonchev–Trinajstić information content (AvgIpc) is 3.06. The summed E-state index contributed by atoms with van der Waals surface area (Å²) in [5, 5.41) is 0. The van der Waals surface area contributed by atoms with Crippen LogP contribution in [0.2, 0.25) is 0 Å². The molecule has 0 aliphatic carbocycles. The van der Waals surface area contributed by atoms with E-state index in [4.69, 9.17) is 17.3 Å². The first-order valence-electron chi connectivity index (χ1n) is 8.47. The molecular weight excluding hydrogens is 394 g/mol. The molecule has 140 valence electrons. The molecule has 0 saturated heterocycles. The van der Waals surface area contributed by atoms with Gasteiger partial charge in [-0.25, -0.2) is 17.4 Å². The summed E-state index contributed by atoms with van der Waals surface area (Å²) in [5.74, 6) is -0.0906. The maximum absolute atomic E-state index is 13.2. The van der Waals surface area contributed by atoms with Gasteiger partial charge in [-0.3, -0.25) is 0 Å². The van der Waals surface area contributed by atoms with Gasteiger partial charge in [0.25, 0.3) is 10.0 Å². The maximum Gasteiger partial charge on any atom is 0.271 e. The molecular formula is C21H16ClN3O2S. The molecule has 4 rings (SSSR count). The summed E-state index contributed by atoms with van der Waals surface area (Å²) in [5.41, 5.74) is 10.8. The van der Waals surface area contributed by atoms with Crippen LogP contribution in [0.4, 0.5) is 5.95 Å². The van der Waals surface area contributed by atoms with Gasteiger partial charge in [-0.2, -0.15) is 0 Å². The van der Waals surface area contributed by atoms with Crippen molar-refractivity contribution in [2.24, 2.45) is 0 Å². The van der Waals surface area contributed by atoms with Gasteiger partial charge in [0, 0.05) is 11.1 Å². The first-order chi connectivity index (χ1) is 13.5. The van der Waals surface area contributed by atoms with Crippen molar-refractivity contribution in [2.45, 2.75) is 4.90 Å². The fraction of sp³-hybridized carbons (Fsp3) is 0. The Morgan fingerprint density at radius 2 is 1.57 bits per heavy atom. The number of anilines is 1. The molecule has 0 atom stereocenters. The van der Waals surface area contributed by atoms with E-state index >= 15 is 0 Å². The highest BCUT2D eigenvalue weighted by molar-refractivity contribution is 7.90. The van der Waals surface area contributed by atoms with Crippen molar-refractivity contribution < 1.29 is 8.42 Å². The Bertz CT molecular complexity index is 1280. The molecule has 0 bridgehead atoms. The molecule has 0 aliphatic rings. The van der Waals surface area contributed by atoms with Crippen LogP contribution in [-0.4, -0.2) is 17.4 Å². The summed E-state index contributed by atoms with van der Waals surface area (Å²) in [6.45, 7) is 0. The van der Waals surface area contributed by atoms with Gasteiger partial charge in [-0.15, -0.1) is 0 Å². The van der Waals surface area contributed by atoms with E-state index in [9.17, 15) is 8.42 Å². The number of benzene rings is 3. The minimum atomic E-state index is -3.89. The van der Waals surface area contributed by atoms with Crippen LogP contribution >= 0.6 is 11.6 Å². The molecule has 3 aromatic carbocycles. The quantitative estimate of drug-likeness (QED) is 0.539. The molecule has 0 saturated carbocycles. The molecule has 2 N–H and O–H groups in total. The lowest BCUT2D eigenvalue weighted by Gasteiger charge is -2.10. The average molecular weight is 410 g/mol. The molecule has 0 amide bonds. The largest absolute Gasteiger partial charge is 0.368 e. The van der Waals surface area contributed by atoms with E-state index in [0.29, 0.717) is 11.0 Å². The minimum Gasteiger partial charge on any atom is -0.368 e. The molecule has 0 unspecified atom stereocenters. The normalized spacial score (nSPS) is 12.4.